The van der Waals surface area contributed by atoms with Crippen LogP contribution < -0.4 is 5.32 Å². The molecule has 1 amide bonds. The van der Waals surface area contributed by atoms with Gasteiger partial charge < -0.3 is 10.2 Å². The van der Waals surface area contributed by atoms with Gasteiger partial charge in [0.15, 0.2) is 0 Å². The maximum atomic E-state index is 11.8. The highest BCUT2D eigenvalue weighted by atomic mass is 16.1. The molecule has 1 aliphatic heterocycles. The van der Waals surface area contributed by atoms with Crippen molar-refractivity contribution < 1.29 is 4.79 Å². The highest BCUT2D eigenvalue weighted by Gasteiger charge is 2.27. The van der Waals surface area contributed by atoms with E-state index in [4.69, 9.17) is 0 Å². The van der Waals surface area contributed by atoms with Crippen molar-refractivity contribution in [2.75, 3.05) is 19.6 Å². The SMILES string of the molecule is CCCC1CC(NC(=O)C(C)C)CN(CCC)C1. The fourth-order valence-electron chi connectivity index (χ4n) is 2.89. The Morgan fingerprint density at radius 1 is 1.28 bits per heavy atom. The van der Waals surface area contributed by atoms with Gasteiger partial charge in [-0.3, -0.25) is 4.79 Å². The Kier molecular flexibility index (Phi) is 6.69. The third kappa shape index (κ3) is 4.97. The molecule has 1 rings (SSSR count). The van der Waals surface area contributed by atoms with E-state index >= 15 is 0 Å². The van der Waals surface area contributed by atoms with Crippen LogP contribution in [0.4, 0.5) is 0 Å². The van der Waals surface area contributed by atoms with Crippen LogP contribution in [0.5, 0.6) is 0 Å². The van der Waals surface area contributed by atoms with Crippen molar-refractivity contribution in [1.82, 2.24) is 10.2 Å². The summed E-state index contributed by atoms with van der Waals surface area (Å²) in [5.74, 6) is 1.05. The van der Waals surface area contributed by atoms with E-state index in [2.05, 4.69) is 24.1 Å². The van der Waals surface area contributed by atoms with Gasteiger partial charge in [0.05, 0.1) is 0 Å². The molecule has 0 aliphatic carbocycles. The minimum absolute atomic E-state index is 0.0937. The van der Waals surface area contributed by atoms with Crippen LogP contribution in [0.25, 0.3) is 0 Å². The number of nitrogens with one attached hydrogen (secondary N) is 1. The van der Waals surface area contributed by atoms with Gasteiger partial charge in [-0.25, -0.2) is 0 Å². The van der Waals surface area contributed by atoms with Crippen molar-refractivity contribution >= 4 is 5.91 Å². The van der Waals surface area contributed by atoms with E-state index in [1.165, 1.54) is 25.8 Å². The van der Waals surface area contributed by atoms with E-state index in [0.29, 0.717) is 6.04 Å². The molecule has 3 nitrogen and oxygen atoms in total. The molecule has 18 heavy (non-hydrogen) atoms. The molecule has 1 saturated heterocycles. The first-order valence-electron chi connectivity index (χ1n) is 7.59. The average Bonchev–Trinajstić information content (AvgIpc) is 2.29. The Balaban J connectivity index is 2.52. The smallest absolute Gasteiger partial charge is 0.222 e. The minimum Gasteiger partial charge on any atom is -0.352 e. The van der Waals surface area contributed by atoms with Crippen molar-refractivity contribution in [3.8, 4) is 0 Å². The number of likely N-dealkylation sites (tertiary alicyclic amines) is 1. The first-order valence-corrected chi connectivity index (χ1v) is 7.59. The molecule has 0 radical (unpaired) electrons. The van der Waals surface area contributed by atoms with Crippen LogP contribution in [0.1, 0.15) is 53.4 Å². The van der Waals surface area contributed by atoms with Crippen molar-refractivity contribution in [3.63, 3.8) is 0 Å². The Morgan fingerprint density at radius 3 is 2.56 bits per heavy atom. The first kappa shape index (κ1) is 15.5. The molecule has 1 fully saturated rings. The number of amides is 1. The molecule has 0 aromatic rings. The summed E-state index contributed by atoms with van der Waals surface area (Å²) in [4.78, 5) is 14.3. The lowest BCUT2D eigenvalue weighted by molar-refractivity contribution is -0.125. The molecular weight excluding hydrogens is 224 g/mol. The van der Waals surface area contributed by atoms with Crippen LogP contribution >= 0.6 is 0 Å². The van der Waals surface area contributed by atoms with Gasteiger partial charge in [0.2, 0.25) is 5.91 Å². The number of carbonyl (C=O) groups is 1. The lowest BCUT2D eigenvalue weighted by Gasteiger charge is -2.38. The highest BCUT2D eigenvalue weighted by molar-refractivity contribution is 5.78. The second-order valence-corrected chi connectivity index (χ2v) is 6.01. The Bertz CT molecular complexity index is 239. The van der Waals surface area contributed by atoms with Crippen LogP contribution in [0.3, 0.4) is 0 Å². The number of carbonyl (C=O) groups excluding carboxylic acids is 1. The van der Waals surface area contributed by atoms with Gasteiger partial charge in [0, 0.05) is 25.0 Å². The summed E-state index contributed by atoms with van der Waals surface area (Å²) in [5, 5.41) is 3.21. The number of hydrogen-bond acceptors (Lipinski definition) is 2. The van der Waals surface area contributed by atoms with E-state index in [1.54, 1.807) is 0 Å². The summed E-state index contributed by atoms with van der Waals surface area (Å²) >= 11 is 0. The summed E-state index contributed by atoms with van der Waals surface area (Å²) in [6.07, 6.45) is 4.89. The Hall–Kier alpha value is -0.570. The zero-order valence-electron chi connectivity index (χ0n) is 12.5. The number of piperidine rings is 1. The molecule has 0 bridgehead atoms. The minimum atomic E-state index is 0.0937. The largest absolute Gasteiger partial charge is 0.352 e. The van der Waals surface area contributed by atoms with E-state index < -0.39 is 0 Å². The van der Waals surface area contributed by atoms with Crippen molar-refractivity contribution in [2.24, 2.45) is 11.8 Å². The topological polar surface area (TPSA) is 32.3 Å². The van der Waals surface area contributed by atoms with Crippen LogP contribution in [-0.2, 0) is 4.79 Å². The van der Waals surface area contributed by atoms with Crippen molar-refractivity contribution in [1.29, 1.82) is 0 Å². The predicted octanol–water partition coefficient (Wildman–Crippen LogP) is 2.66. The molecule has 0 saturated carbocycles. The molecule has 3 heteroatoms. The molecule has 0 aromatic carbocycles. The van der Waals surface area contributed by atoms with Gasteiger partial charge in [-0.05, 0) is 31.7 Å². The second-order valence-electron chi connectivity index (χ2n) is 6.01. The van der Waals surface area contributed by atoms with Gasteiger partial charge in [0.25, 0.3) is 0 Å². The lowest BCUT2D eigenvalue weighted by atomic mass is 9.90. The molecular formula is C15H30N2O. The standard InChI is InChI=1S/C15H30N2O/c1-5-7-13-9-14(16-15(18)12(3)4)11-17(10-13)8-6-2/h12-14H,5-11H2,1-4H3,(H,16,18). The highest BCUT2D eigenvalue weighted by Crippen LogP contribution is 2.21. The summed E-state index contributed by atoms with van der Waals surface area (Å²) in [5.41, 5.74) is 0. The second kappa shape index (κ2) is 7.78. The Morgan fingerprint density at radius 2 is 2.00 bits per heavy atom. The number of hydrogen-bond donors (Lipinski definition) is 1. The normalized spacial score (nSPS) is 25.4. The van der Waals surface area contributed by atoms with E-state index in [0.717, 1.165) is 25.4 Å². The van der Waals surface area contributed by atoms with Crippen LogP contribution in [-0.4, -0.2) is 36.5 Å². The molecule has 2 atom stereocenters. The van der Waals surface area contributed by atoms with E-state index in [-0.39, 0.29) is 11.8 Å². The monoisotopic (exact) mass is 254 g/mol. The summed E-state index contributed by atoms with van der Waals surface area (Å²) in [6, 6.07) is 0.358. The van der Waals surface area contributed by atoms with Crippen LogP contribution in [0.15, 0.2) is 0 Å². The molecule has 106 valence electrons. The van der Waals surface area contributed by atoms with Crippen LogP contribution in [0, 0.1) is 11.8 Å². The van der Waals surface area contributed by atoms with Crippen molar-refractivity contribution in [2.45, 2.75) is 59.4 Å². The Labute approximate surface area is 112 Å². The van der Waals surface area contributed by atoms with Gasteiger partial charge in [-0.1, -0.05) is 34.1 Å². The van der Waals surface area contributed by atoms with E-state index in [1.807, 2.05) is 13.8 Å². The molecule has 2 unspecified atom stereocenters. The molecule has 1 heterocycles. The predicted molar refractivity (Wildman–Crippen MR) is 76.5 cm³/mol. The fraction of sp³-hybridized carbons (Fsp3) is 0.933. The van der Waals surface area contributed by atoms with E-state index in [9.17, 15) is 4.79 Å². The summed E-state index contributed by atoms with van der Waals surface area (Å²) in [7, 11) is 0. The van der Waals surface area contributed by atoms with Crippen molar-refractivity contribution in [3.05, 3.63) is 0 Å². The molecule has 0 aromatic heterocycles. The lowest BCUT2D eigenvalue weighted by Crippen LogP contribution is -2.51. The number of rotatable bonds is 6. The van der Waals surface area contributed by atoms with Gasteiger partial charge in [-0.2, -0.15) is 0 Å². The first-order chi connectivity index (χ1) is 8.56. The van der Waals surface area contributed by atoms with Gasteiger partial charge >= 0.3 is 0 Å². The zero-order chi connectivity index (χ0) is 13.5. The average molecular weight is 254 g/mol. The zero-order valence-corrected chi connectivity index (χ0v) is 12.5. The number of nitrogens with zero attached hydrogens (tertiary/aromatic N) is 1. The molecule has 1 N–H and O–H groups in total. The van der Waals surface area contributed by atoms with Crippen LogP contribution in [0.2, 0.25) is 0 Å². The third-order valence-electron chi connectivity index (χ3n) is 3.72. The molecule has 1 aliphatic rings. The third-order valence-corrected chi connectivity index (χ3v) is 3.72. The maximum absolute atomic E-state index is 11.8. The maximum Gasteiger partial charge on any atom is 0.222 e. The quantitative estimate of drug-likeness (QED) is 0.790. The van der Waals surface area contributed by atoms with Gasteiger partial charge in [0.1, 0.15) is 0 Å². The fourth-order valence-corrected chi connectivity index (χ4v) is 2.89. The van der Waals surface area contributed by atoms with Gasteiger partial charge in [-0.15, -0.1) is 0 Å². The molecule has 0 spiro atoms. The summed E-state index contributed by atoms with van der Waals surface area (Å²) < 4.78 is 0. The summed E-state index contributed by atoms with van der Waals surface area (Å²) in [6.45, 7) is 11.8.